The third kappa shape index (κ3) is 3.73. The molecule has 3 rings (SSSR count). The van der Waals surface area contributed by atoms with Gasteiger partial charge in [-0.2, -0.15) is 4.31 Å². The van der Waals surface area contributed by atoms with Crippen molar-refractivity contribution >= 4 is 10.0 Å². The minimum atomic E-state index is -3.44. The molecule has 2 heterocycles. The lowest BCUT2D eigenvalue weighted by Gasteiger charge is -2.24. The first-order valence-electron chi connectivity index (χ1n) is 7.74. The lowest BCUT2D eigenvalue weighted by Crippen LogP contribution is -2.34. The summed E-state index contributed by atoms with van der Waals surface area (Å²) in [6.45, 7) is 2.73. The monoisotopic (exact) mass is 338 g/mol. The van der Waals surface area contributed by atoms with E-state index in [4.69, 9.17) is 0 Å². The van der Waals surface area contributed by atoms with E-state index in [1.54, 1.807) is 18.3 Å². The largest absolute Gasteiger partial charge is 0.248 e. The molecule has 0 N–H and O–H groups in total. The van der Waals surface area contributed by atoms with Crippen LogP contribution in [0.5, 0.6) is 0 Å². The fourth-order valence-corrected chi connectivity index (χ4v) is 3.80. The summed E-state index contributed by atoms with van der Waals surface area (Å²) in [5, 5.41) is 0. The van der Waals surface area contributed by atoms with E-state index in [0.29, 0.717) is 30.1 Å². The molecule has 1 aromatic heterocycles. The van der Waals surface area contributed by atoms with Crippen molar-refractivity contribution in [2.75, 3.05) is 13.1 Å². The van der Waals surface area contributed by atoms with Crippen LogP contribution in [0.4, 0.5) is 0 Å². The second-order valence-corrected chi connectivity index (χ2v) is 7.56. The van der Waals surface area contributed by atoms with Gasteiger partial charge in [-0.25, -0.2) is 13.4 Å². The summed E-state index contributed by atoms with van der Waals surface area (Å²) in [6.07, 6.45) is 4.20. The average Bonchev–Trinajstić information content (AvgIpc) is 2.61. The average molecular weight is 338 g/mol. The minimum absolute atomic E-state index is 0.338. The van der Waals surface area contributed by atoms with E-state index >= 15 is 0 Å². The van der Waals surface area contributed by atoms with E-state index in [-0.39, 0.29) is 0 Å². The minimum Gasteiger partial charge on any atom is -0.248 e. The van der Waals surface area contributed by atoms with Gasteiger partial charge < -0.3 is 0 Å². The van der Waals surface area contributed by atoms with Crippen LogP contribution in [0, 0.1) is 18.8 Å². The number of rotatable bonds is 2. The number of benzene rings is 1. The van der Waals surface area contributed by atoms with E-state index in [9.17, 15) is 8.42 Å². The summed E-state index contributed by atoms with van der Waals surface area (Å²) < 4.78 is 26.8. The molecule has 0 aliphatic carbocycles. The molecule has 0 unspecified atom stereocenters. The van der Waals surface area contributed by atoms with Gasteiger partial charge in [0.2, 0.25) is 10.0 Å². The molecule has 0 saturated carbocycles. The Hall–Kier alpha value is -2.42. The second kappa shape index (κ2) is 7.00. The molecule has 1 aliphatic heterocycles. The molecule has 122 valence electrons. The summed E-state index contributed by atoms with van der Waals surface area (Å²) in [4.78, 5) is 4.49. The lowest BCUT2D eigenvalue weighted by atomic mass is 10.1. The SMILES string of the molecule is Cc1ccc(S(=O)(=O)N2CC=C(C#Cc3ccccn3)CC2)cc1. The summed E-state index contributed by atoms with van der Waals surface area (Å²) in [5.74, 6) is 6.09. The van der Waals surface area contributed by atoms with E-state index in [1.165, 1.54) is 4.31 Å². The molecule has 0 radical (unpaired) electrons. The number of sulfonamides is 1. The third-order valence-corrected chi connectivity index (χ3v) is 5.73. The van der Waals surface area contributed by atoms with Crippen LogP contribution >= 0.6 is 0 Å². The topological polar surface area (TPSA) is 50.3 Å². The van der Waals surface area contributed by atoms with Gasteiger partial charge in [-0.15, -0.1) is 0 Å². The van der Waals surface area contributed by atoms with Crippen LogP contribution in [0.1, 0.15) is 17.7 Å². The van der Waals surface area contributed by atoms with Crippen molar-refractivity contribution in [2.24, 2.45) is 0 Å². The summed E-state index contributed by atoms with van der Waals surface area (Å²) in [6, 6.07) is 12.5. The lowest BCUT2D eigenvalue weighted by molar-refractivity contribution is 0.434. The highest BCUT2D eigenvalue weighted by atomic mass is 32.2. The molecule has 4 nitrogen and oxygen atoms in total. The van der Waals surface area contributed by atoms with Gasteiger partial charge in [-0.1, -0.05) is 35.8 Å². The van der Waals surface area contributed by atoms with Crippen LogP contribution < -0.4 is 0 Å². The van der Waals surface area contributed by atoms with Gasteiger partial charge in [0, 0.05) is 24.9 Å². The molecule has 0 spiro atoms. The molecule has 0 atom stereocenters. The Bertz CT molecular complexity index is 905. The van der Waals surface area contributed by atoms with Crippen molar-refractivity contribution in [1.29, 1.82) is 0 Å². The first-order chi connectivity index (χ1) is 11.6. The first-order valence-corrected chi connectivity index (χ1v) is 9.18. The van der Waals surface area contributed by atoms with Crippen LogP contribution in [0.3, 0.4) is 0 Å². The Morgan fingerprint density at radius 1 is 1.08 bits per heavy atom. The number of pyridine rings is 1. The highest BCUT2D eigenvalue weighted by Crippen LogP contribution is 2.20. The molecule has 5 heteroatoms. The Balaban J connectivity index is 1.73. The molecule has 0 bridgehead atoms. The maximum atomic E-state index is 12.6. The predicted molar refractivity (Wildman–Crippen MR) is 93.8 cm³/mol. The van der Waals surface area contributed by atoms with Crippen LogP contribution in [0.2, 0.25) is 0 Å². The fourth-order valence-electron chi connectivity index (χ4n) is 2.42. The number of aromatic nitrogens is 1. The van der Waals surface area contributed by atoms with E-state index in [2.05, 4.69) is 16.8 Å². The number of hydrogen-bond acceptors (Lipinski definition) is 3. The van der Waals surface area contributed by atoms with Crippen molar-refractivity contribution in [3.05, 3.63) is 71.6 Å². The van der Waals surface area contributed by atoms with Crippen molar-refractivity contribution in [3.63, 3.8) is 0 Å². The normalized spacial score (nSPS) is 15.3. The molecule has 1 aromatic carbocycles. The molecule has 0 saturated heterocycles. The summed E-state index contributed by atoms with van der Waals surface area (Å²) >= 11 is 0. The maximum absolute atomic E-state index is 12.6. The van der Waals surface area contributed by atoms with Crippen LogP contribution in [0.15, 0.2) is 65.2 Å². The maximum Gasteiger partial charge on any atom is 0.243 e. The van der Waals surface area contributed by atoms with Crippen LogP contribution in [-0.2, 0) is 10.0 Å². The van der Waals surface area contributed by atoms with Gasteiger partial charge in [-0.3, -0.25) is 0 Å². The second-order valence-electron chi connectivity index (χ2n) is 5.62. The fraction of sp³-hybridized carbons (Fsp3) is 0.211. The predicted octanol–water partition coefficient (Wildman–Crippen LogP) is 2.76. The highest BCUT2D eigenvalue weighted by molar-refractivity contribution is 7.89. The van der Waals surface area contributed by atoms with Gasteiger partial charge in [0.15, 0.2) is 0 Å². The zero-order valence-corrected chi connectivity index (χ0v) is 14.3. The van der Waals surface area contributed by atoms with Crippen molar-refractivity contribution in [2.45, 2.75) is 18.2 Å². The summed E-state index contributed by atoms with van der Waals surface area (Å²) in [5.41, 5.74) is 2.71. The van der Waals surface area contributed by atoms with Gasteiger partial charge in [-0.05, 0) is 43.5 Å². The standard InChI is InChI=1S/C19H18N2O2S/c1-16-5-9-19(10-6-16)24(22,23)21-14-11-17(12-15-21)7-8-18-4-2-3-13-20-18/h2-6,9-11,13H,12,14-15H2,1H3. The number of nitrogens with zero attached hydrogens (tertiary/aromatic N) is 2. The molecular formula is C19H18N2O2S. The van der Waals surface area contributed by atoms with E-state index in [1.807, 2.05) is 43.3 Å². The highest BCUT2D eigenvalue weighted by Gasteiger charge is 2.25. The van der Waals surface area contributed by atoms with Gasteiger partial charge in [0.25, 0.3) is 0 Å². The molecule has 2 aromatic rings. The number of hydrogen-bond donors (Lipinski definition) is 0. The zero-order chi connectivity index (χ0) is 17.0. The smallest absolute Gasteiger partial charge is 0.243 e. The van der Waals surface area contributed by atoms with E-state index in [0.717, 1.165) is 11.1 Å². The van der Waals surface area contributed by atoms with Gasteiger partial charge in [0.1, 0.15) is 5.69 Å². The Kier molecular flexibility index (Phi) is 4.79. The van der Waals surface area contributed by atoms with Crippen LogP contribution in [-0.4, -0.2) is 30.8 Å². The first kappa shape index (κ1) is 16.4. The van der Waals surface area contributed by atoms with Crippen molar-refractivity contribution in [3.8, 4) is 11.8 Å². The summed E-state index contributed by atoms with van der Waals surface area (Å²) in [7, 11) is -3.44. The van der Waals surface area contributed by atoms with E-state index < -0.39 is 10.0 Å². The van der Waals surface area contributed by atoms with Crippen LogP contribution in [0.25, 0.3) is 0 Å². The van der Waals surface area contributed by atoms with Gasteiger partial charge in [0.05, 0.1) is 4.90 Å². The molecule has 0 fully saturated rings. The Labute approximate surface area is 142 Å². The molecule has 0 amide bonds. The van der Waals surface area contributed by atoms with Crippen molar-refractivity contribution < 1.29 is 8.42 Å². The van der Waals surface area contributed by atoms with Gasteiger partial charge >= 0.3 is 0 Å². The Morgan fingerprint density at radius 2 is 1.88 bits per heavy atom. The van der Waals surface area contributed by atoms with Crippen molar-refractivity contribution in [1.82, 2.24) is 9.29 Å². The quantitative estimate of drug-likeness (QED) is 0.791. The third-order valence-electron chi connectivity index (χ3n) is 3.85. The molecule has 24 heavy (non-hydrogen) atoms. The molecule has 1 aliphatic rings. The Morgan fingerprint density at radius 3 is 2.50 bits per heavy atom. The number of aryl methyl sites for hydroxylation is 1. The molecular weight excluding hydrogens is 320 g/mol. The zero-order valence-electron chi connectivity index (χ0n) is 13.4.